The molecule has 2 aromatic carbocycles. The number of hydrogen-bond donors (Lipinski definition) is 1. The molecule has 3 aromatic rings. The summed E-state index contributed by atoms with van der Waals surface area (Å²) in [6, 6.07) is 11.9. The molecule has 1 N–H and O–H groups in total. The van der Waals surface area contributed by atoms with Crippen molar-refractivity contribution in [3.05, 3.63) is 75.5 Å². The summed E-state index contributed by atoms with van der Waals surface area (Å²) in [6.45, 7) is -0.541. The molecule has 0 spiro atoms. The van der Waals surface area contributed by atoms with Gasteiger partial charge in [-0.25, -0.2) is 9.48 Å². The van der Waals surface area contributed by atoms with Gasteiger partial charge in [-0.1, -0.05) is 39.7 Å². The molecule has 0 saturated carbocycles. The number of benzene rings is 2. The minimum atomic E-state index is -1.13. The molecule has 0 saturated heterocycles. The Balaban J connectivity index is 1.94. The Bertz CT molecular complexity index is 987. The quantitative estimate of drug-likeness (QED) is 0.592. The van der Waals surface area contributed by atoms with Gasteiger partial charge in [0.1, 0.15) is 5.75 Å². The van der Waals surface area contributed by atoms with Crippen molar-refractivity contribution in [3.63, 3.8) is 0 Å². The molecule has 0 aliphatic heterocycles. The van der Waals surface area contributed by atoms with Gasteiger partial charge < -0.3 is 9.84 Å². The second-order valence-electron chi connectivity index (χ2n) is 5.28. The van der Waals surface area contributed by atoms with Crippen LogP contribution in [0.1, 0.15) is 15.9 Å². The Morgan fingerprint density at radius 3 is 2.73 bits per heavy atom. The van der Waals surface area contributed by atoms with Crippen LogP contribution >= 0.6 is 27.5 Å². The maximum atomic E-state index is 12.9. The summed E-state index contributed by atoms with van der Waals surface area (Å²) in [6.07, 6.45) is 2.99. The second kappa shape index (κ2) is 7.72. The summed E-state index contributed by atoms with van der Waals surface area (Å²) < 4.78 is 7.39. The number of rotatable bonds is 6. The van der Waals surface area contributed by atoms with Gasteiger partial charge in [-0.3, -0.25) is 4.79 Å². The summed E-state index contributed by atoms with van der Waals surface area (Å²) >= 11 is 9.46. The van der Waals surface area contributed by atoms with Gasteiger partial charge in [0.2, 0.25) is 0 Å². The molecule has 0 aliphatic rings. The smallest absolute Gasteiger partial charge is 0.341 e. The number of carbonyl (C=O) groups is 2. The lowest BCUT2D eigenvalue weighted by Gasteiger charge is -2.09. The van der Waals surface area contributed by atoms with Crippen molar-refractivity contribution < 1.29 is 19.4 Å². The predicted molar refractivity (Wildman–Crippen MR) is 99.3 cm³/mol. The molecular weight excluding hydrogens is 424 g/mol. The molecular formula is C18H12BrClN2O4. The van der Waals surface area contributed by atoms with Gasteiger partial charge in [-0.05, 0) is 30.3 Å². The van der Waals surface area contributed by atoms with Crippen molar-refractivity contribution in [2.75, 3.05) is 6.61 Å². The van der Waals surface area contributed by atoms with E-state index in [1.807, 2.05) is 6.07 Å². The number of carboxylic acid groups (broad SMARTS) is 1. The lowest BCUT2D eigenvalue weighted by molar-refractivity contribution is -0.139. The van der Waals surface area contributed by atoms with E-state index in [9.17, 15) is 9.59 Å². The molecule has 1 heterocycles. The Kier molecular flexibility index (Phi) is 5.39. The fourth-order valence-corrected chi connectivity index (χ4v) is 2.89. The SMILES string of the molecule is O=C(O)COc1ccc(Br)cc1C(=O)c1cnn(-c2ccccc2Cl)c1. The van der Waals surface area contributed by atoms with Crippen molar-refractivity contribution in [1.82, 2.24) is 9.78 Å². The van der Waals surface area contributed by atoms with Crippen molar-refractivity contribution in [2.24, 2.45) is 0 Å². The fraction of sp³-hybridized carbons (Fsp3) is 0.0556. The van der Waals surface area contributed by atoms with Crippen LogP contribution in [0.2, 0.25) is 5.02 Å². The number of carboxylic acids is 1. The minimum absolute atomic E-state index is 0.186. The highest BCUT2D eigenvalue weighted by Crippen LogP contribution is 2.26. The number of aromatic nitrogens is 2. The van der Waals surface area contributed by atoms with Crippen molar-refractivity contribution >= 4 is 39.3 Å². The predicted octanol–water partition coefficient (Wildman–Crippen LogP) is 3.98. The van der Waals surface area contributed by atoms with Gasteiger partial charge in [0, 0.05) is 10.7 Å². The van der Waals surface area contributed by atoms with Crippen molar-refractivity contribution in [3.8, 4) is 11.4 Å². The first kappa shape index (κ1) is 18.2. The highest BCUT2D eigenvalue weighted by Gasteiger charge is 2.18. The molecule has 0 fully saturated rings. The average Bonchev–Trinajstić information content (AvgIpc) is 3.10. The maximum absolute atomic E-state index is 12.9. The van der Waals surface area contributed by atoms with Crippen LogP contribution < -0.4 is 4.74 Å². The molecule has 6 nitrogen and oxygen atoms in total. The van der Waals surface area contributed by atoms with Gasteiger partial charge in [0.15, 0.2) is 12.4 Å². The number of halogens is 2. The van der Waals surface area contributed by atoms with Crippen LogP contribution in [-0.4, -0.2) is 33.2 Å². The van der Waals surface area contributed by atoms with Crippen LogP contribution in [0.5, 0.6) is 5.75 Å². The van der Waals surface area contributed by atoms with E-state index in [0.29, 0.717) is 20.7 Å². The van der Waals surface area contributed by atoms with Gasteiger partial charge in [0.05, 0.1) is 28.0 Å². The first-order valence-corrected chi connectivity index (χ1v) is 8.61. The zero-order valence-electron chi connectivity index (χ0n) is 13.2. The van der Waals surface area contributed by atoms with Gasteiger partial charge in [0.25, 0.3) is 0 Å². The zero-order valence-corrected chi connectivity index (χ0v) is 15.6. The van der Waals surface area contributed by atoms with Crippen LogP contribution in [0.3, 0.4) is 0 Å². The highest BCUT2D eigenvalue weighted by atomic mass is 79.9. The second-order valence-corrected chi connectivity index (χ2v) is 6.60. The highest BCUT2D eigenvalue weighted by molar-refractivity contribution is 9.10. The maximum Gasteiger partial charge on any atom is 0.341 e. The van der Waals surface area contributed by atoms with E-state index in [1.54, 1.807) is 42.6 Å². The van der Waals surface area contributed by atoms with E-state index in [1.165, 1.54) is 10.9 Å². The molecule has 132 valence electrons. The molecule has 1 aromatic heterocycles. The van der Waals surface area contributed by atoms with Gasteiger partial charge >= 0.3 is 5.97 Å². The van der Waals surface area contributed by atoms with E-state index in [2.05, 4.69) is 21.0 Å². The molecule has 0 atom stereocenters. The lowest BCUT2D eigenvalue weighted by atomic mass is 10.1. The number of aliphatic carboxylic acids is 1. The first-order chi connectivity index (χ1) is 12.5. The molecule has 0 unspecified atom stereocenters. The van der Waals surface area contributed by atoms with E-state index in [0.717, 1.165) is 0 Å². The Hall–Kier alpha value is -2.64. The number of carbonyl (C=O) groups excluding carboxylic acids is 1. The minimum Gasteiger partial charge on any atom is -0.481 e. The molecule has 0 aliphatic carbocycles. The molecule has 0 bridgehead atoms. The van der Waals surface area contributed by atoms with Crippen LogP contribution in [0.25, 0.3) is 5.69 Å². The topological polar surface area (TPSA) is 81.4 Å². The van der Waals surface area contributed by atoms with Crippen molar-refractivity contribution in [1.29, 1.82) is 0 Å². The summed E-state index contributed by atoms with van der Waals surface area (Å²) in [5.41, 5.74) is 1.20. The Morgan fingerprint density at radius 2 is 2.00 bits per heavy atom. The number of hydrogen-bond acceptors (Lipinski definition) is 4. The average molecular weight is 436 g/mol. The third-order valence-corrected chi connectivity index (χ3v) is 4.29. The van der Waals surface area contributed by atoms with Crippen LogP contribution in [-0.2, 0) is 4.79 Å². The largest absolute Gasteiger partial charge is 0.481 e. The third-order valence-electron chi connectivity index (χ3n) is 3.48. The number of nitrogens with zero attached hydrogens (tertiary/aromatic N) is 2. The molecule has 26 heavy (non-hydrogen) atoms. The summed E-state index contributed by atoms with van der Waals surface area (Å²) in [5, 5.41) is 13.5. The molecule has 8 heteroatoms. The number of ether oxygens (including phenoxy) is 1. The van der Waals surface area contributed by atoms with Crippen LogP contribution in [0, 0.1) is 0 Å². The third kappa shape index (κ3) is 3.95. The molecule has 3 rings (SSSR count). The number of para-hydroxylation sites is 1. The van der Waals surface area contributed by atoms with Gasteiger partial charge in [-0.2, -0.15) is 5.10 Å². The normalized spacial score (nSPS) is 10.5. The Labute approximate surface area is 162 Å². The van der Waals surface area contributed by atoms with E-state index < -0.39 is 12.6 Å². The summed E-state index contributed by atoms with van der Waals surface area (Å²) in [5.74, 6) is -1.28. The monoisotopic (exact) mass is 434 g/mol. The van der Waals surface area contributed by atoms with Crippen LogP contribution in [0.4, 0.5) is 0 Å². The molecule has 0 radical (unpaired) electrons. The fourth-order valence-electron chi connectivity index (χ4n) is 2.31. The van der Waals surface area contributed by atoms with Crippen LogP contribution in [0.15, 0.2) is 59.3 Å². The van der Waals surface area contributed by atoms with Crippen molar-refractivity contribution in [2.45, 2.75) is 0 Å². The summed E-state index contributed by atoms with van der Waals surface area (Å²) in [7, 11) is 0. The molecule has 0 amide bonds. The zero-order chi connectivity index (χ0) is 18.7. The van der Waals surface area contributed by atoms with E-state index in [4.69, 9.17) is 21.4 Å². The lowest BCUT2D eigenvalue weighted by Crippen LogP contribution is -2.12. The van der Waals surface area contributed by atoms with E-state index in [-0.39, 0.29) is 17.1 Å². The van der Waals surface area contributed by atoms with E-state index >= 15 is 0 Å². The van der Waals surface area contributed by atoms with Gasteiger partial charge in [-0.15, -0.1) is 0 Å². The first-order valence-electron chi connectivity index (χ1n) is 7.44. The standard InChI is InChI=1S/C18H12BrClN2O4/c19-12-5-6-16(26-10-17(23)24)13(7-12)18(25)11-8-21-22(9-11)15-4-2-1-3-14(15)20/h1-9H,10H2,(H,23,24). The summed E-state index contributed by atoms with van der Waals surface area (Å²) in [4.78, 5) is 23.6. The number of ketones is 1. The Morgan fingerprint density at radius 1 is 1.23 bits per heavy atom.